The number of hydrogen-bond acceptors (Lipinski definition) is 7. The summed E-state index contributed by atoms with van der Waals surface area (Å²) in [7, 11) is 0. The Balaban J connectivity index is 1.72. The van der Waals surface area contributed by atoms with Crippen LogP contribution in [0.1, 0.15) is 27.3 Å². The number of aromatic nitrogens is 2. The molecule has 0 bridgehead atoms. The first kappa shape index (κ1) is 23.1. The Labute approximate surface area is 188 Å². The van der Waals surface area contributed by atoms with Gasteiger partial charge in [0.05, 0.1) is 4.92 Å². The minimum atomic E-state index is -0.980. The second-order valence-corrected chi connectivity index (χ2v) is 7.27. The van der Waals surface area contributed by atoms with Crippen LogP contribution >= 0.6 is 0 Å². The van der Waals surface area contributed by atoms with Crippen LogP contribution in [0.25, 0.3) is 5.69 Å². The third-order valence-corrected chi connectivity index (χ3v) is 4.51. The second kappa shape index (κ2) is 9.73. The molecule has 0 aliphatic carbocycles. The summed E-state index contributed by atoms with van der Waals surface area (Å²) in [6.07, 6.45) is 0. The molecule has 0 atom stereocenters. The molecule has 0 saturated heterocycles. The zero-order chi connectivity index (χ0) is 24.1. The second-order valence-electron chi connectivity index (χ2n) is 7.27. The SMILES string of the molecule is Cc1cc(C)cc(OCC(=O)NNC(=O)c2nn(-c3ccccc3[N+](=O)[O-])c(C)cc2=O)c1. The van der Waals surface area contributed by atoms with Crippen molar-refractivity contribution in [2.45, 2.75) is 20.8 Å². The summed E-state index contributed by atoms with van der Waals surface area (Å²) in [5.41, 5.74) is 5.07. The topological polar surface area (TPSA) is 145 Å². The van der Waals surface area contributed by atoms with Crippen LogP contribution in [0.2, 0.25) is 0 Å². The number of hydrazine groups is 1. The maximum absolute atomic E-state index is 12.5. The van der Waals surface area contributed by atoms with Crippen LogP contribution in [0, 0.1) is 30.9 Å². The van der Waals surface area contributed by atoms with Crippen LogP contribution in [0.15, 0.2) is 53.3 Å². The number of nitrogens with zero attached hydrogens (tertiary/aromatic N) is 3. The van der Waals surface area contributed by atoms with E-state index in [1.165, 1.54) is 25.1 Å². The molecule has 0 spiro atoms. The molecule has 0 fully saturated rings. The molecule has 1 aromatic heterocycles. The third kappa shape index (κ3) is 5.58. The highest BCUT2D eigenvalue weighted by atomic mass is 16.6. The van der Waals surface area contributed by atoms with Crippen LogP contribution in [0.4, 0.5) is 5.69 Å². The number of ether oxygens (including phenoxy) is 1. The average Bonchev–Trinajstić information content (AvgIpc) is 2.75. The molecular weight excluding hydrogens is 430 g/mol. The molecule has 3 rings (SSSR count). The number of amides is 2. The Morgan fingerprint density at radius 3 is 2.39 bits per heavy atom. The zero-order valence-corrected chi connectivity index (χ0v) is 18.1. The number of para-hydroxylation sites is 2. The van der Waals surface area contributed by atoms with Crippen molar-refractivity contribution in [1.82, 2.24) is 20.6 Å². The van der Waals surface area contributed by atoms with E-state index in [1.807, 2.05) is 19.9 Å². The standard InChI is InChI=1S/C22H21N5O6/c1-13-8-14(2)10-16(9-13)33-12-20(29)23-24-22(30)21-19(28)11-15(3)26(25-21)17-6-4-5-7-18(17)27(31)32/h4-11H,12H2,1-3H3,(H,23,29)(H,24,30). The lowest BCUT2D eigenvalue weighted by Gasteiger charge is -2.12. The van der Waals surface area contributed by atoms with Gasteiger partial charge in [0, 0.05) is 17.8 Å². The van der Waals surface area contributed by atoms with Crippen LogP contribution in [-0.2, 0) is 4.79 Å². The van der Waals surface area contributed by atoms with Gasteiger partial charge in [0.15, 0.2) is 12.3 Å². The molecule has 11 nitrogen and oxygen atoms in total. The van der Waals surface area contributed by atoms with Crippen molar-refractivity contribution < 1.29 is 19.2 Å². The van der Waals surface area contributed by atoms with Crippen LogP contribution in [0.5, 0.6) is 5.75 Å². The molecule has 2 aromatic carbocycles. The lowest BCUT2D eigenvalue weighted by Crippen LogP contribution is -2.45. The first-order chi connectivity index (χ1) is 15.7. The van der Waals surface area contributed by atoms with E-state index in [-0.39, 0.29) is 23.7 Å². The van der Waals surface area contributed by atoms with Gasteiger partial charge in [-0.1, -0.05) is 18.2 Å². The zero-order valence-electron chi connectivity index (χ0n) is 18.1. The monoisotopic (exact) mass is 451 g/mol. The van der Waals surface area contributed by atoms with E-state index in [0.29, 0.717) is 5.75 Å². The Hall–Kier alpha value is -4.54. The molecule has 0 radical (unpaired) electrons. The van der Waals surface area contributed by atoms with Crippen molar-refractivity contribution in [3.05, 3.63) is 91.4 Å². The maximum atomic E-state index is 12.5. The molecule has 170 valence electrons. The minimum absolute atomic E-state index is 0.0833. The fourth-order valence-electron chi connectivity index (χ4n) is 3.13. The number of aryl methyl sites for hydroxylation is 3. The van der Waals surface area contributed by atoms with E-state index in [4.69, 9.17) is 4.74 Å². The molecule has 1 heterocycles. The van der Waals surface area contributed by atoms with Gasteiger partial charge < -0.3 is 4.74 Å². The van der Waals surface area contributed by atoms with Crippen LogP contribution < -0.4 is 21.0 Å². The van der Waals surface area contributed by atoms with Crippen molar-refractivity contribution in [2.24, 2.45) is 0 Å². The molecule has 2 amide bonds. The van der Waals surface area contributed by atoms with Crippen molar-refractivity contribution in [3.63, 3.8) is 0 Å². The normalized spacial score (nSPS) is 10.4. The summed E-state index contributed by atoms with van der Waals surface area (Å²) in [6, 6.07) is 12.4. The number of carbonyl (C=O) groups is 2. The third-order valence-electron chi connectivity index (χ3n) is 4.51. The fraction of sp³-hybridized carbons (Fsp3) is 0.182. The summed E-state index contributed by atoms with van der Waals surface area (Å²) in [5.74, 6) is -1.14. The minimum Gasteiger partial charge on any atom is -0.484 e. The number of nitrogens with one attached hydrogen (secondary N) is 2. The summed E-state index contributed by atoms with van der Waals surface area (Å²) in [5, 5.41) is 15.3. The van der Waals surface area contributed by atoms with Crippen molar-refractivity contribution in [3.8, 4) is 11.4 Å². The highest BCUT2D eigenvalue weighted by Crippen LogP contribution is 2.22. The number of nitro benzene ring substituents is 1. The summed E-state index contributed by atoms with van der Waals surface area (Å²) in [6.45, 7) is 4.95. The summed E-state index contributed by atoms with van der Waals surface area (Å²) >= 11 is 0. The quantitative estimate of drug-likeness (QED) is 0.430. The largest absolute Gasteiger partial charge is 0.484 e. The van der Waals surface area contributed by atoms with Gasteiger partial charge in [0.1, 0.15) is 11.4 Å². The van der Waals surface area contributed by atoms with Gasteiger partial charge in [-0.25, -0.2) is 4.68 Å². The van der Waals surface area contributed by atoms with Crippen LogP contribution in [-0.4, -0.2) is 33.1 Å². The first-order valence-corrected chi connectivity index (χ1v) is 9.81. The number of benzene rings is 2. The van der Waals surface area contributed by atoms with E-state index >= 15 is 0 Å². The molecule has 11 heteroatoms. The molecular formula is C22H21N5O6. The van der Waals surface area contributed by atoms with Crippen molar-refractivity contribution in [1.29, 1.82) is 0 Å². The molecule has 0 aliphatic heterocycles. The van der Waals surface area contributed by atoms with Gasteiger partial charge in [-0.3, -0.25) is 35.3 Å². The van der Waals surface area contributed by atoms with Gasteiger partial charge >= 0.3 is 0 Å². The molecule has 33 heavy (non-hydrogen) atoms. The maximum Gasteiger partial charge on any atom is 0.294 e. The predicted molar refractivity (Wildman–Crippen MR) is 118 cm³/mol. The lowest BCUT2D eigenvalue weighted by atomic mass is 10.1. The highest BCUT2D eigenvalue weighted by molar-refractivity contribution is 5.93. The molecule has 3 aromatic rings. The molecule has 2 N–H and O–H groups in total. The van der Waals surface area contributed by atoms with Gasteiger partial charge in [0.25, 0.3) is 17.5 Å². The Bertz CT molecular complexity index is 1280. The Morgan fingerprint density at radius 1 is 1.06 bits per heavy atom. The van der Waals surface area contributed by atoms with Gasteiger partial charge in [-0.2, -0.15) is 5.10 Å². The first-order valence-electron chi connectivity index (χ1n) is 9.81. The van der Waals surface area contributed by atoms with E-state index in [1.54, 1.807) is 18.2 Å². The van der Waals surface area contributed by atoms with E-state index in [9.17, 15) is 24.5 Å². The molecule has 0 aliphatic rings. The lowest BCUT2D eigenvalue weighted by molar-refractivity contribution is -0.384. The van der Waals surface area contributed by atoms with Crippen LogP contribution in [0.3, 0.4) is 0 Å². The average molecular weight is 451 g/mol. The highest BCUT2D eigenvalue weighted by Gasteiger charge is 2.20. The molecule has 0 unspecified atom stereocenters. The smallest absolute Gasteiger partial charge is 0.294 e. The van der Waals surface area contributed by atoms with Gasteiger partial charge in [0.2, 0.25) is 5.43 Å². The van der Waals surface area contributed by atoms with E-state index < -0.39 is 27.9 Å². The van der Waals surface area contributed by atoms with Gasteiger partial charge in [-0.05, 0) is 50.1 Å². The fourth-order valence-corrected chi connectivity index (χ4v) is 3.13. The summed E-state index contributed by atoms with van der Waals surface area (Å²) in [4.78, 5) is 47.5. The molecule has 0 saturated carbocycles. The summed E-state index contributed by atoms with van der Waals surface area (Å²) < 4.78 is 6.54. The predicted octanol–water partition coefficient (Wildman–Crippen LogP) is 1.91. The van der Waals surface area contributed by atoms with Gasteiger partial charge in [-0.15, -0.1) is 0 Å². The number of rotatable bonds is 6. The Morgan fingerprint density at radius 2 is 1.73 bits per heavy atom. The van der Waals surface area contributed by atoms with Crippen molar-refractivity contribution in [2.75, 3.05) is 6.61 Å². The number of hydrogen-bond donors (Lipinski definition) is 2. The van der Waals surface area contributed by atoms with E-state index in [2.05, 4.69) is 16.0 Å². The number of carbonyl (C=O) groups excluding carboxylic acids is 2. The van der Waals surface area contributed by atoms with Crippen molar-refractivity contribution >= 4 is 17.5 Å². The number of nitro groups is 1. The van der Waals surface area contributed by atoms with E-state index in [0.717, 1.165) is 21.9 Å². The Kier molecular flexibility index (Phi) is 6.82.